The van der Waals surface area contributed by atoms with Gasteiger partial charge in [0.25, 0.3) is 0 Å². The van der Waals surface area contributed by atoms with E-state index in [0.717, 1.165) is 5.92 Å². The molecule has 1 atom stereocenters. The van der Waals surface area contributed by atoms with Crippen LogP contribution in [0.4, 0.5) is 0 Å². The standard InChI is InChI=1S/C14H20/c1-10-5-8-13-12(9-10)7-6-11(2)14(13,3)4/h5,8-9,11H,6-7H2,1-4H3. The highest BCUT2D eigenvalue weighted by Gasteiger charge is 2.33. The molecular formula is C14H20. The van der Waals surface area contributed by atoms with E-state index in [1.54, 1.807) is 11.1 Å². The summed E-state index contributed by atoms with van der Waals surface area (Å²) >= 11 is 0. The van der Waals surface area contributed by atoms with Gasteiger partial charge in [0.1, 0.15) is 0 Å². The summed E-state index contributed by atoms with van der Waals surface area (Å²) in [6.45, 7) is 9.32. The van der Waals surface area contributed by atoms with Gasteiger partial charge in [-0.1, -0.05) is 44.5 Å². The van der Waals surface area contributed by atoms with E-state index in [2.05, 4.69) is 45.9 Å². The smallest absolute Gasteiger partial charge is 0.00751 e. The molecule has 0 heteroatoms. The molecular weight excluding hydrogens is 168 g/mol. The van der Waals surface area contributed by atoms with E-state index in [9.17, 15) is 0 Å². The largest absolute Gasteiger partial charge is 0.0617 e. The van der Waals surface area contributed by atoms with E-state index in [-0.39, 0.29) is 0 Å². The van der Waals surface area contributed by atoms with Gasteiger partial charge in [0.15, 0.2) is 0 Å². The summed E-state index contributed by atoms with van der Waals surface area (Å²) in [6.07, 6.45) is 2.60. The molecule has 14 heavy (non-hydrogen) atoms. The molecule has 0 nitrogen and oxygen atoms in total. The van der Waals surface area contributed by atoms with Crippen molar-refractivity contribution in [2.75, 3.05) is 0 Å². The molecule has 2 rings (SSSR count). The minimum absolute atomic E-state index is 0.362. The molecule has 76 valence electrons. The van der Waals surface area contributed by atoms with Gasteiger partial charge >= 0.3 is 0 Å². The molecule has 1 unspecified atom stereocenters. The fourth-order valence-electron chi connectivity index (χ4n) is 2.56. The lowest BCUT2D eigenvalue weighted by molar-refractivity contribution is 0.302. The summed E-state index contributed by atoms with van der Waals surface area (Å²) in [7, 11) is 0. The Bertz CT molecular complexity index is 347. The fourth-order valence-corrected chi connectivity index (χ4v) is 2.56. The predicted octanol–water partition coefficient (Wildman–Crippen LogP) is 3.85. The number of aryl methyl sites for hydroxylation is 2. The Labute approximate surface area is 87.3 Å². The maximum absolute atomic E-state index is 2.38. The van der Waals surface area contributed by atoms with Gasteiger partial charge in [0, 0.05) is 0 Å². The topological polar surface area (TPSA) is 0 Å². The minimum Gasteiger partial charge on any atom is -0.0617 e. The normalized spacial score (nSPS) is 24.4. The van der Waals surface area contributed by atoms with E-state index in [4.69, 9.17) is 0 Å². The van der Waals surface area contributed by atoms with E-state index >= 15 is 0 Å². The van der Waals surface area contributed by atoms with Gasteiger partial charge in [-0.15, -0.1) is 0 Å². The van der Waals surface area contributed by atoms with Crippen LogP contribution >= 0.6 is 0 Å². The lowest BCUT2D eigenvalue weighted by atomic mass is 9.66. The summed E-state index contributed by atoms with van der Waals surface area (Å²) in [6, 6.07) is 6.95. The molecule has 1 aliphatic rings. The van der Waals surface area contributed by atoms with E-state index in [1.807, 2.05) is 0 Å². The monoisotopic (exact) mass is 188 g/mol. The lowest BCUT2D eigenvalue weighted by Gasteiger charge is -2.38. The lowest BCUT2D eigenvalue weighted by Crippen LogP contribution is -2.32. The molecule has 1 aliphatic carbocycles. The molecule has 0 fully saturated rings. The second-order valence-electron chi connectivity index (χ2n) is 5.32. The number of hydrogen-bond donors (Lipinski definition) is 0. The molecule has 0 aromatic heterocycles. The van der Waals surface area contributed by atoms with Crippen molar-refractivity contribution < 1.29 is 0 Å². The third kappa shape index (κ3) is 1.37. The second-order valence-corrected chi connectivity index (χ2v) is 5.32. The third-order valence-electron chi connectivity index (χ3n) is 4.03. The zero-order valence-corrected chi connectivity index (χ0v) is 9.72. The van der Waals surface area contributed by atoms with Crippen LogP contribution in [0, 0.1) is 12.8 Å². The summed E-state index contributed by atoms with van der Waals surface area (Å²) < 4.78 is 0. The first-order valence-corrected chi connectivity index (χ1v) is 5.62. The van der Waals surface area contributed by atoms with Crippen LogP contribution in [-0.4, -0.2) is 0 Å². The molecule has 0 spiro atoms. The zero-order chi connectivity index (χ0) is 10.3. The van der Waals surface area contributed by atoms with Crippen molar-refractivity contribution in [2.45, 2.75) is 46.0 Å². The van der Waals surface area contributed by atoms with Gasteiger partial charge in [-0.25, -0.2) is 0 Å². The van der Waals surface area contributed by atoms with E-state index < -0.39 is 0 Å². The number of benzene rings is 1. The van der Waals surface area contributed by atoms with Gasteiger partial charge in [-0.2, -0.15) is 0 Å². The van der Waals surface area contributed by atoms with Gasteiger partial charge in [-0.3, -0.25) is 0 Å². The van der Waals surface area contributed by atoms with Crippen molar-refractivity contribution in [1.29, 1.82) is 0 Å². The molecule has 0 radical (unpaired) electrons. The fraction of sp³-hybridized carbons (Fsp3) is 0.571. The van der Waals surface area contributed by atoms with Crippen LogP contribution in [0.1, 0.15) is 43.9 Å². The molecule has 0 saturated heterocycles. The average Bonchev–Trinajstić information content (AvgIpc) is 2.12. The Hall–Kier alpha value is -0.780. The highest BCUT2D eigenvalue weighted by molar-refractivity contribution is 5.39. The predicted molar refractivity (Wildman–Crippen MR) is 61.7 cm³/mol. The van der Waals surface area contributed by atoms with Crippen molar-refractivity contribution in [3.05, 3.63) is 34.9 Å². The van der Waals surface area contributed by atoms with Crippen molar-refractivity contribution in [2.24, 2.45) is 5.92 Å². The molecule has 1 aromatic rings. The minimum atomic E-state index is 0.362. The van der Waals surface area contributed by atoms with Crippen LogP contribution in [-0.2, 0) is 11.8 Å². The third-order valence-corrected chi connectivity index (χ3v) is 4.03. The SMILES string of the molecule is Cc1ccc2c(c1)CCC(C)C2(C)C. The van der Waals surface area contributed by atoms with Crippen LogP contribution < -0.4 is 0 Å². The van der Waals surface area contributed by atoms with Gasteiger partial charge in [0.2, 0.25) is 0 Å². The Kier molecular flexibility index (Phi) is 2.17. The van der Waals surface area contributed by atoms with Gasteiger partial charge < -0.3 is 0 Å². The molecule has 0 aliphatic heterocycles. The average molecular weight is 188 g/mol. The number of hydrogen-bond acceptors (Lipinski definition) is 0. The molecule has 0 amide bonds. The summed E-state index contributed by atoms with van der Waals surface area (Å²) in [4.78, 5) is 0. The Balaban J connectivity index is 2.53. The van der Waals surface area contributed by atoms with Crippen LogP contribution in [0.3, 0.4) is 0 Å². The Morgan fingerprint density at radius 2 is 2.00 bits per heavy atom. The molecule has 0 N–H and O–H groups in total. The quantitative estimate of drug-likeness (QED) is 0.580. The molecule has 0 saturated carbocycles. The van der Waals surface area contributed by atoms with Crippen LogP contribution in [0.25, 0.3) is 0 Å². The van der Waals surface area contributed by atoms with E-state index in [0.29, 0.717) is 5.41 Å². The van der Waals surface area contributed by atoms with Crippen molar-refractivity contribution in [1.82, 2.24) is 0 Å². The zero-order valence-electron chi connectivity index (χ0n) is 9.72. The maximum Gasteiger partial charge on any atom is -0.00751 e. The van der Waals surface area contributed by atoms with Gasteiger partial charge in [0.05, 0.1) is 0 Å². The summed E-state index contributed by atoms with van der Waals surface area (Å²) in [5.74, 6) is 0.803. The molecule has 0 heterocycles. The highest BCUT2D eigenvalue weighted by atomic mass is 14.4. The van der Waals surface area contributed by atoms with E-state index in [1.165, 1.54) is 18.4 Å². The summed E-state index contributed by atoms with van der Waals surface area (Å²) in [5.41, 5.74) is 4.91. The Morgan fingerprint density at radius 1 is 1.29 bits per heavy atom. The number of fused-ring (bicyclic) bond motifs is 1. The molecule has 0 bridgehead atoms. The second kappa shape index (κ2) is 3.12. The van der Waals surface area contributed by atoms with Crippen molar-refractivity contribution >= 4 is 0 Å². The first-order valence-electron chi connectivity index (χ1n) is 5.62. The van der Waals surface area contributed by atoms with Crippen LogP contribution in [0.2, 0.25) is 0 Å². The van der Waals surface area contributed by atoms with Crippen LogP contribution in [0.5, 0.6) is 0 Å². The summed E-state index contributed by atoms with van der Waals surface area (Å²) in [5, 5.41) is 0. The van der Waals surface area contributed by atoms with Gasteiger partial charge in [-0.05, 0) is 42.2 Å². The van der Waals surface area contributed by atoms with Crippen LogP contribution in [0.15, 0.2) is 18.2 Å². The number of rotatable bonds is 0. The Morgan fingerprint density at radius 3 is 2.71 bits per heavy atom. The van der Waals surface area contributed by atoms with Crippen molar-refractivity contribution in [3.63, 3.8) is 0 Å². The molecule has 1 aromatic carbocycles. The first kappa shape index (κ1) is 9.76. The maximum atomic E-state index is 2.38. The first-order chi connectivity index (χ1) is 6.51. The van der Waals surface area contributed by atoms with Crippen molar-refractivity contribution in [3.8, 4) is 0 Å². The highest BCUT2D eigenvalue weighted by Crippen LogP contribution is 2.40.